The third-order valence-corrected chi connectivity index (χ3v) is 2.68. The minimum Gasteiger partial charge on any atom is -0.423 e. The van der Waals surface area contributed by atoms with Gasteiger partial charge >= 0.3 is 7.12 Å². The van der Waals surface area contributed by atoms with Gasteiger partial charge in [-0.1, -0.05) is 18.2 Å². The van der Waals surface area contributed by atoms with Gasteiger partial charge < -0.3 is 9.68 Å². The van der Waals surface area contributed by atoms with E-state index in [1.54, 1.807) is 5.48 Å². The van der Waals surface area contributed by atoms with Crippen LogP contribution in [-0.2, 0) is 22.5 Å². The molecule has 5 nitrogen and oxygen atoms in total. The molecule has 0 saturated carbocycles. The van der Waals surface area contributed by atoms with Gasteiger partial charge in [0.25, 0.3) is 0 Å². The van der Waals surface area contributed by atoms with E-state index in [9.17, 15) is 9.82 Å². The summed E-state index contributed by atoms with van der Waals surface area (Å²) in [6.07, 6.45) is 0.648. The van der Waals surface area contributed by atoms with E-state index in [0.29, 0.717) is 13.0 Å². The standard InChI is InChI=1S/C10H12BNO4/c13-9(12-15)5-4-7-2-1-3-8-6-16-11(14)10(7)8/h1-3,14-15H,4-6H2,(H,12,13). The molecule has 0 saturated heterocycles. The van der Waals surface area contributed by atoms with E-state index in [1.807, 2.05) is 18.2 Å². The molecule has 0 spiro atoms. The molecule has 0 atom stereocenters. The van der Waals surface area contributed by atoms with Gasteiger partial charge in [0.1, 0.15) is 0 Å². The highest BCUT2D eigenvalue weighted by Crippen LogP contribution is 2.13. The molecular weight excluding hydrogens is 209 g/mol. The van der Waals surface area contributed by atoms with Crippen molar-refractivity contribution in [3.63, 3.8) is 0 Å². The Labute approximate surface area is 93.1 Å². The molecule has 0 aromatic heterocycles. The average molecular weight is 221 g/mol. The van der Waals surface area contributed by atoms with Gasteiger partial charge in [-0.2, -0.15) is 0 Å². The Morgan fingerprint density at radius 3 is 3.12 bits per heavy atom. The van der Waals surface area contributed by atoms with Crippen LogP contribution in [0.5, 0.6) is 0 Å². The molecule has 0 fully saturated rings. The molecule has 1 heterocycles. The first-order valence-electron chi connectivity index (χ1n) is 5.05. The van der Waals surface area contributed by atoms with Crippen molar-refractivity contribution in [1.29, 1.82) is 0 Å². The lowest BCUT2D eigenvalue weighted by Crippen LogP contribution is -2.32. The molecule has 0 bridgehead atoms. The first-order valence-corrected chi connectivity index (χ1v) is 5.05. The second-order valence-electron chi connectivity index (χ2n) is 3.69. The maximum absolute atomic E-state index is 10.9. The summed E-state index contributed by atoms with van der Waals surface area (Å²) in [6, 6.07) is 5.61. The Balaban J connectivity index is 2.16. The number of hydrogen-bond acceptors (Lipinski definition) is 4. The van der Waals surface area contributed by atoms with Crippen molar-refractivity contribution >= 4 is 18.5 Å². The fraction of sp³-hybridized carbons (Fsp3) is 0.300. The number of hydrogen-bond donors (Lipinski definition) is 3. The fourth-order valence-corrected chi connectivity index (χ4v) is 1.88. The van der Waals surface area contributed by atoms with E-state index in [2.05, 4.69) is 0 Å². The molecule has 1 aromatic rings. The molecule has 3 N–H and O–H groups in total. The predicted octanol–water partition coefficient (Wildman–Crippen LogP) is -0.658. The van der Waals surface area contributed by atoms with E-state index in [-0.39, 0.29) is 6.42 Å². The second kappa shape index (κ2) is 4.65. The number of hydroxylamine groups is 1. The number of fused-ring (bicyclic) bond motifs is 1. The van der Waals surface area contributed by atoms with Gasteiger partial charge in [-0.3, -0.25) is 10.0 Å². The monoisotopic (exact) mass is 221 g/mol. The molecule has 0 unspecified atom stereocenters. The van der Waals surface area contributed by atoms with Crippen molar-refractivity contribution in [2.75, 3.05) is 0 Å². The molecule has 1 amide bonds. The van der Waals surface area contributed by atoms with Crippen molar-refractivity contribution < 1.29 is 19.7 Å². The zero-order valence-corrected chi connectivity index (χ0v) is 8.64. The first-order chi connectivity index (χ1) is 7.72. The van der Waals surface area contributed by atoms with Gasteiger partial charge in [0.15, 0.2) is 0 Å². The average Bonchev–Trinajstić information content (AvgIpc) is 2.69. The summed E-state index contributed by atoms with van der Waals surface area (Å²) in [5, 5.41) is 18.0. The summed E-state index contributed by atoms with van der Waals surface area (Å²) < 4.78 is 5.10. The van der Waals surface area contributed by atoms with E-state index < -0.39 is 13.0 Å². The molecule has 1 aliphatic heterocycles. The number of aryl methyl sites for hydroxylation is 1. The summed E-state index contributed by atoms with van der Waals surface area (Å²) in [4.78, 5) is 10.9. The van der Waals surface area contributed by atoms with Crippen LogP contribution in [0.2, 0.25) is 0 Å². The maximum atomic E-state index is 10.9. The maximum Gasteiger partial charge on any atom is 0.492 e. The smallest absolute Gasteiger partial charge is 0.423 e. The molecule has 1 aliphatic rings. The normalized spacial score (nSPS) is 13.8. The Bertz CT molecular complexity index is 410. The van der Waals surface area contributed by atoms with Gasteiger partial charge in [-0.25, -0.2) is 5.48 Å². The van der Waals surface area contributed by atoms with Crippen LogP contribution in [0, 0.1) is 0 Å². The van der Waals surface area contributed by atoms with Gasteiger partial charge in [0, 0.05) is 6.42 Å². The Morgan fingerprint density at radius 2 is 2.38 bits per heavy atom. The summed E-state index contributed by atoms with van der Waals surface area (Å²) >= 11 is 0. The van der Waals surface area contributed by atoms with Gasteiger partial charge in [0.2, 0.25) is 5.91 Å². The number of carbonyl (C=O) groups is 1. The van der Waals surface area contributed by atoms with E-state index in [4.69, 9.17) is 9.86 Å². The van der Waals surface area contributed by atoms with Crippen LogP contribution < -0.4 is 10.9 Å². The van der Waals surface area contributed by atoms with Crippen LogP contribution in [0.4, 0.5) is 0 Å². The number of benzene rings is 1. The van der Waals surface area contributed by atoms with Crippen LogP contribution in [0.25, 0.3) is 0 Å². The third-order valence-electron chi connectivity index (χ3n) is 2.68. The van der Waals surface area contributed by atoms with Gasteiger partial charge in [0.05, 0.1) is 6.61 Å². The number of rotatable bonds is 3. The summed E-state index contributed by atoms with van der Waals surface area (Å²) in [5.74, 6) is -0.439. The molecule has 16 heavy (non-hydrogen) atoms. The highest BCUT2D eigenvalue weighted by Gasteiger charge is 2.29. The number of carbonyl (C=O) groups excluding carboxylic acids is 1. The minimum atomic E-state index is -0.900. The lowest BCUT2D eigenvalue weighted by Gasteiger charge is -2.07. The van der Waals surface area contributed by atoms with E-state index in [0.717, 1.165) is 16.6 Å². The quantitative estimate of drug-likeness (QED) is 0.359. The van der Waals surface area contributed by atoms with E-state index in [1.165, 1.54) is 0 Å². The number of nitrogens with one attached hydrogen (secondary N) is 1. The topological polar surface area (TPSA) is 78.8 Å². The zero-order chi connectivity index (χ0) is 11.5. The molecule has 84 valence electrons. The molecule has 0 radical (unpaired) electrons. The Kier molecular flexibility index (Phi) is 3.23. The SMILES string of the molecule is O=C(CCc1cccc2c1B(O)OC2)NO. The molecular formula is C10H12BNO4. The van der Waals surface area contributed by atoms with Crippen LogP contribution >= 0.6 is 0 Å². The summed E-state index contributed by atoms with van der Waals surface area (Å²) in [7, 11) is -0.900. The highest BCUT2D eigenvalue weighted by molar-refractivity contribution is 6.62. The van der Waals surface area contributed by atoms with E-state index >= 15 is 0 Å². The third kappa shape index (κ3) is 2.09. The van der Waals surface area contributed by atoms with Crippen molar-refractivity contribution in [2.45, 2.75) is 19.4 Å². The fourth-order valence-electron chi connectivity index (χ4n) is 1.88. The predicted molar refractivity (Wildman–Crippen MR) is 57.1 cm³/mol. The minimum absolute atomic E-state index is 0.180. The Morgan fingerprint density at radius 1 is 1.56 bits per heavy atom. The van der Waals surface area contributed by atoms with Crippen molar-refractivity contribution in [3.8, 4) is 0 Å². The van der Waals surface area contributed by atoms with Crippen LogP contribution in [-0.4, -0.2) is 23.3 Å². The lowest BCUT2D eigenvalue weighted by molar-refractivity contribution is -0.129. The van der Waals surface area contributed by atoms with Gasteiger partial charge in [-0.05, 0) is 23.0 Å². The van der Waals surface area contributed by atoms with Crippen molar-refractivity contribution in [3.05, 3.63) is 29.3 Å². The number of amides is 1. The highest BCUT2D eigenvalue weighted by atomic mass is 16.5. The summed E-state index contributed by atoms with van der Waals surface area (Å²) in [6.45, 7) is 0.399. The largest absolute Gasteiger partial charge is 0.492 e. The summed E-state index contributed by atoms with van der Waals surface area (Å²) in [5.41, 5.74) is 4.17. The molecule has 0 aliphatic carbocycles. The van der Waals surface area contributed by atoms with Crippen LogP contribution in [0.1, 0.15) is 17.5 Å². The van der Waals surface area contributed by atoms with Crippen LogP contribution in [0.15, 0.2) is 18.2 Å². The second-order valence-corrected chi connectivity index (χ2v) is 3.69. The lowest BCUT2D eigenvalue weighted by atomic mass is 9.75. The first kappa shape index (κ1) is 11.1. The van der Waals surface area contributed by atoms with Gasteiger partial charge in [-0.15, -0.1) is 0 Å². The van der Waals surface area contributed by atoms with Crippen molar-refractivity contribution in [1.82, 2.24) is 5.48 Å². The Hall–Kier alpha value is -1.37. The molecule has 2 rings (SSSR count). The molecule has 6 heteroatoms. The van der Waals surface area contributed by atoms with Crippen LogP contribution in [0.3, 0.4) is 0 Å². The zero-order valence-electron chi connectivity index (χ0n) is 8.64. The van der Waals surface area contributed by atoms with Crippen molar-refractivity contribution in [2.24, 2.45) is 0 Å². The molecule has 1 aromatic carbocycles.